The highest BCUT2D eigenvalue weighted by atomic mass is 16.3. The zero-order valence-corrected chi connectivity index (χ0v) is 15.6. The van der Waals surface area contributed by atoms with Gasteiger partial charge in [-0.15, -0.1) is 0 Å². The normalized spacial score (nSPS) is 13.2. The van der Waals surface area contributed by atoms with E-state index in [1.165, 1.54) is 22.3 Å². The third kappa shape index (κ3) is 5.46. The molecule has 0 amide bonds. The molecule has 2 rings (SSSR count). The molecule has 0 saturated carbocycles. The summed E-state index contributed by atoms with van der Waals surface area (Å²) in [5, 5.41) is 20.7. The predicted octanol–water partition coefficient (Wildman–Crippen LogP) is 4.11. The van der Waals surface area contributed by atoms with E-state index in [-0.39, 0.29) is 0 Å². The first-order chi connectivity index (χ1) is 11.3. The summed E-state index contributed by atoms with van der Waals surface area (Å²) in [6.07, 6.45) is 4.81. The van der Waals surface area contributed by atoms with E-state index in [1.54, 1.807) is 0 Å². The smallest absolute Gasteiger partial charge is 0.0695 e. The van der Waals surface area contributed by atoms with E-state index in [0.29, 0.717) is 6.04 Å². The lowest BCUT2D eigenvalue weighted by atomic mass is 9.99. The fourth-order valence-electron chi connectivity index (χ4n) is 2.82. The van der Waals surface area contributed by atoms with E-state index in [9.17, 15) is 5.11 Å². The molecule has 0 saturated heterocycles. The van der Waals surface area contributed by atoms with Crippen LogP contribution in [0.15, 0.2) is 24.4 Å². The lowest BCUT2D eigenvalue weighted by molar-refractivity contribution is 0.0675. The van der Waals surface area contributed by atoms with Crippen LogP contribution in [0.25, 0.3) is 11.3 Å². The molecular weight excluding hydrogens is 298 g/mol. The van der Waals surface area contributed by atoms with Crippen molar-refractivity contribution in [3.8, 4) is 11.3 Å². The zero-order valence-electron chi connectivity index (χ0n) is 15.6. The van der Waals surface area contributed by atoms with E-state index in [2.05, 4.69) is 54.5 Å². The Labute approximate surface area is 145 Å². The Kier molecular flexibility index (Phi) is 6.19. The Hall–Kier alpha value is -1.65. The van der Waals surface area contributed by atoms with Crippen LogP contribution in [0.2, 0.25) is 0 Å². The largest absolute Gasteiger partial charge is 0.390 e. The van der Waals surface area contributed by atoms with Gasteiger partial charge in [-0.2, -0.15) is 5.10 Å². The molecule has 1 atom stereocenters. The highest BCUT2D eigenvalue weighted by molar-refractivity contribution is 5.64. The van der Waals surface area contributed by atoms with Gasteiger partial charge >= 0.3 is 0 Å². The molecule has 0 aliphatic carbocycles. The number of aliphatic hydroxyl groups is 1. The van der Waals surface area contributed by atoms with Crippen molar-refractivity contribution in [3.63, 3.8) is 0 Å². The van der Waals surface area contributed by atoms with Crippen molar-refractivity contribution in [2.45, 2.75) is 72.1 Å². The Balaban J connectivity index is 1.92. The molecule has 2 aromatic rings. The van der Waals surface area contributed by atoms with Gasteiger partial charge in [0.15, 0.2) is 0 Å². The van der Waals surface area contributed by atoms with Crippen LogP contribution < -0.4 is 5.32 Å². The second-order valence-electron chi connectivity index (χ2n) is 7.56. The molecule has 0 unspecified atom stereocenters. The molecule has 3 N–H and O–H groups in total. The second-order valence-corrected chi connectivity index (χ2v) is 7.56. The zero-order chi connectivity index (χ0) is 17.7. The highest BCUT2D eigenvalue weighted by Gasteiger charge is 2.13. The third-order valence-electron chi connectivity index (χ3n) is 4.58. The molecule has 0 aliphatic rings. The van der Waals surface area contributed by atoms with E-state index in [0.717, 1.165) is 31.5 Å². The fourth-order valence-corrected chi connectivity index (χ4v) is 2.82. The summed E-state index contributed by atoms with van der Waals surface area (Å²) in [4.78, 5) is 0. The monoisotopic (exact) mass is 329 g/mol. The van der Waals surface area contributed by atoms with Gasteiger partial charge in [0.05, 0.1) is 17.5 Å². The number of nitrogens with zero attached hydrogens (tertiary/aromatic N) is 1. The minimum Gasteiger partial charge on any atom is -0.390 e. The third-order valence-corrected chi connectivity index (χ3v) is 4.58. The minimum absolute atomic E-state index is 0.412. The van der Waals surface area contributed by atoms with Gasteiger partial charge in [0, 0.05) is 23.7 Å². The van der Waals surface area contributed by atoms with Crippen LogP contribution >= 0.6 is 0 Å². The van der Waals surface area contributed by atoms with Crippen LogP contribution in [0, 0.1) is 13.8 Å². The summed E-state index contributed by atoms with van der Waals surface area (Å²) in [6.45, 7) is 11.0. The molecule has 24 heavy (non-hydrogen) atoms. The van der Waals surface area contributed by atoms with Crippen molar-refractivity contribution in [1.82, 2.24) is 15.5 Å². The maximum atomic E-state index is 9.78. The van der Waals surface area contributed by atoms with Crippen LogP contribution in [-0.4, -0.2) is 26.9 Å². The number of aromatic amines is 1. The lowest BCUT2D eigenvalue weighted by Gasteiger charge is -2.19. The Morgan fingerprint density at radius 1 is 1.25 bits per heavy atom. The van der Waals surface area contributed by atoms with Crippen molar-refractivity contribution in [2.75, 3.05) is 0 Å². The SMILES string of the molecule is Cc1ccc(-c2[nH]ncc2CN[C@@H](C)CCCC(C)(C)O)cc1C. The van der Waals surface area contributed by atoms with E-state index in [4.69, 9.17) is 0 Å². The lowest BCUT2D eigenvalue weighted by Crippen LogP contribution is -2.26. The summed E-state index contributed by atoms with van der Waals surface area (Å²) < 4.78 is 0. The Morgan fingerprint density at radius 3 is 2.67 bits per heavy atom. The minimum atomic E-state index is -0.569. The van der Waals surface area contributed by atoms with Crippen LogP contribution in [0.1, 0.15) is 56.7 Å². The van der Waals surface area contributed by atoms with Gasteiger partial charge in [0.2, 0.25) is 0 Å². The number of rotatable bonds is 8. The molecule has 0 bridgehead atoms. The number of H-pyrrole nitrogens is 1. The van der Waals surface area contributed by atoms with Crippen molar-refractivity contribution in [2.24, 2.45) is 0 Å². The summed E-state index contributed by atoms with van der Waals surface area (Å²) in [5.41, 5.74) is 5.49. The van der Waals surface area contributed by atoms with Gasteiger partial charge in [-0.1, -0.05) is 12.1 Å². The molecule has 4 nitrogen and oxygen atoms in total. The van der Waals surface area contributed by atoms with Gasteiger partial charge in [0.25, 0.3) is 0 Å². The molecular formula is C20H31N3O. The van der Waals surface area contributed by atoms with Gasteiger partial charge in [0.1, 0.15) is 0 Å². The summed E-state index contributed by atoms with van der Waals surface area (Å²) in [5.74, 6) is 0. The number of aromatic nitrogens is 2. The van der Waals surface area contributed by atoms with Crippen molar-refractivity contribution in [3.05, 3.63) is 41.1 Å². The van der Waals surface area contributed by atoms with Gasteiger partial charge < -0.3 is 10.4 Å². The maximum absolute atomic E-state index is 9.78. The molecule has 1 aromatic heterocycles. The average Bonchev–Trinajstić information content (AvgIpc) is 2.95. The van der Waals surface area contributed by atoms with Gasteiger partial charge in [-0.3, -0.25) is 5.10 Å². The second kappa shape index (κ2) is 7.95. The first-order valence-electron chi connectivity index (χ1n) is 8.82. The van der Waals surface area contributed by atoms with E-state index >= 15 is 0 Å². The number of nitrogens with one attached hydrogen (secondary N) is 2. The molecule has 0 spiro atoms. The first-order valence-corrected chi connectivity index (χ1v) is 8.82. The molecule has 4 heteroatoms. The summed E-state index contributed by atoms with van der Waals surface area (Å²) >= 11 is 0. The number of aryl methyl sites for hydroxylation is 2. The van der Waals surface area contributed by atoms with E-state index in [1.807, 2.05) is 20.0 Å². The predicted molar refractivity (Wildman–Crippen MR) is 99.9 cm³/mol. The van der Waals surface area contributed by atoms with Gasteiger partial charge in [-0.05, 0) is 71.1 Å². The van der Waals surface area contributed by atoms with Crippen LogP contribution in [0.4, 0.5) is 0 Å². The van der Waals surface area contributed by atoms with Crippen LogP contribution in [-0.2, 0) is 6.54 Å². The van der Waals surface area contributed by atoms with Crippen LogP contribution in [0.5, 0.6) is 0 Å². The number of hydrogen-bond acceptors (Lipinski definition) is 3. The Morgan fingerprint density at radius 2 is 2.00 bits per heavy atom. The molecule has 1 aromatic carbocycles. The van der Waals surface area contributed by atoms with Crippen molar-refractivity contribution < 1.29 is 5.11 Å². The summed E-state index contributed by atoms with van der Waals surface area (Å²) in [6, 6.07) is 6.92. The first kappa shape index (κ1) is 18.7. The number of hydrogen-bond donors (Lipinski definition) is 3. The Bertz CT molecular complexity index is 655. The molecule has 132 valence electrons. The topological polar surface area (TPSA) is 60.9 Å². The van der Waals surface area contributed by atoms with Gasteiger partial charge in [-0.25, -0.2) is 0 Å². The summed E-state index contributed by atoms with van der Waals surface area (Å²) in [7, 11) is 0. The fraction of sp³-hybridized carbons (Fsp3) is 0.550. The molecule has 0 fully saturated rings. The number of benzene rings is 1. The molecule has 0 aliphatic heterocycles. The maximum Gasteiger partial charge on any atom is 0.0695 e. The standard InChI is InChI=1S/C20H31N3O/c1-14-8-9-17(11-15(14)2)19-18(13-22-23-19)12-21-16(3)7-6-10-20(4,5)24/h8-9,11,13,16,21,24H,6-7,10,12H2,1-5H3,(H,22,23)/t16-/m0/s1. The van der Waals surface area contributed by atoms with Crippen LogP contribution in [0.3, 0.4) is 0 Å². The van der Waals surface area contributed by atoms with Crippen molar-refractivity contribution >= 4 is 0 Å². The molecule has 1 heterocycles. The quantitative estimate of drug-likeness (QED) is 0.683. The highest BCUT2D eigenvalue weighted by Crippen LogP contribution is 2.23. The van der Waals surface area contributed by atoms with E-state index < -0.39 is 5.60 Å². The average molecular weight is 329 g/mol. The van der Waals surface area contributed by atoms with Crippen molar-refractivity contribution in [1.29, 1.82) is 0 Å². The molecule has 0 radical (unpaired) electrons.